The van der Waals surface area contributed by atoms with Gasteiger partial charge >= 0.3 is 0 Å². The lowest BCUT2D eigenvalue weighted by atomic mass is 10.2. The number of amides is 1. The summed E-state index contributed by atoms with van der Waals surface area (Å²) in [6, 6.07) is 5.99. The van der Waals surface area contributed by atoms with Crippen molar-refractivity contribution in [2.75, 3.05) is 40.9 Å². The summed E-state index contributed by atoms with van der Waals surface area (Å²) < 4.78 is 10.8. The topological polar surface area (TPSA) is 99.8 Å². The third-order valence-corrected chi connectivity index (χ3v) is 4.56. The van der Waals surface area contributed by atoms with Gasteiger partial charge in [-0.2, -0.15) is 0 Å². The molecule has 0 aliphatic carbocycles. The molecule has 1 aromatic heterocycles. The molecule has 0 fully saturated rings. The molecule has 1 heterocycles. The van der Waals surface area contributed by atoms with Gasteiger partial charge < -0.3 is 30.4 Å². The van der Waals surface area contributed by atoms with Crippen LogP contribution in [0.15, 0.2) is 23.2 Å². The fourth-order valence-corrected chi connectivity index (χ4v) is 2.94. The number of nitrogens with one attached hydrogen (secondary N) is 4. The second kappa shape index (κ2) is 13.2. The Hall–Kier alpha value is -2.17. The molecule has 0 aliphatic rings. The van der Waals surface area contributed by atoms with E-state index in [1.54, 1.807) is 21.3 Å². The van der Waals surface area contributed by atoms with E-state index >= 15 is 0 Å². The van der Waals surface area contributed by atoms with Crippen molar-refractivity contribution >= 4 is 46.7 Å². The van der Waals surface area contributed by atoms with E-state index in [1.807, 2.05) is 26.0 Å². The van der Waals surface area contributed by atoms with E-state index in [2.05, 4.69) is 32.0 Å². The molecule has 8 nitrogen and oxygen atoms in total. The molecule has 0 aliphatic heterocycles. The zero-order valence-electron chi connectivity index (χ0n) is 18.4. The average Bonchev–Trinajstić information content (AvgIpc) is 3.14. The predicted octanol–water partition coefficient (Wildman–Crippen LogP) is 2.67. The highest BCUT2D eigenvalue weighted by Gasteiger charge is 2.09. The van der Waals surface area contributed by atoms with E-state index in [4.69, 9.17) is 9.47 Å². The number of aromatic amines is 1. The molecular weight excluding hydrogens is 497 g/mol. The van der Waals surface area contributed by atoms with Gasteiger partial charge in [0.2, 0.25) is 5.91 Å². The number of carbonyl (C=O) groups excluding carboxylic acids is 1. The van der Waals surface area contributed by atoms with Crippen molar-refractivity contribution in [1.82, 2.24) is 20.9 Å². The first-order valence-corrected chi connectivity index (χ1v) is 9.94. The number of aromatic nitrogens is 1. The number of aliphatic imine (C=N–C) groups is 1. The van der Waals surface area contributed by atoms with Crippen molar-refractivity contribution in [3.05, 3.63) is 23.9 Å². The molecule has 0 spiro atoms. The van der Waals surface area contributed by atoms with Gasteiger partial charge in [-0.25, -0.2) is 0 Å². The molecule has 4 N–H and O–H groups in total. The standard InChI is InChI=1S/C21H33N5O3.HI/c1-14(2)20(27)23-9-10-25-21(22-3)24-8-6-7-15-11-17-18(26-15)12-16(28-4)13-19(17)29-5;/h11-14,26H,6-10H2,1-5H3,(H,23,27)(H2,22,24,25);1H. The lowest BCUT2D eigenvalue weighted by Crippen LogP contribution is -2.42. The Bertz CT molecular complexity index is 835. The first-order valence-electron chi connectivity index (χ1n) is 9.94. The van der Waals surface area contributed by atoms with Gasteiger partial charge in [0, 0.05) is 55.8 Å². The molecule has 1 aromatic carbocycles. The Morgan fingerprint density at radius 1 is 1.07 bits per heavy atom. The Balaban J connectivity index is 0.00000450. The van der Waals surface area contributed by atoms with Crippen LogP contribution in [0, 0.1) is 5.92 Å². The largest absolute Gasteiger partial charge is 0.497 e. The minimum Gasteiger partial charge on any atom is -0.497 e. The quantitative estimate of drug-likeness (QED) is 0.164. The number of H-pyrrole nitrogens is 1. The van der Waals surface area contributed by atoms with Crippen LogP contribution in [0.25, 0.3) is 10.9 Å². The molecule has 2 aromatic rings. The molecule has 0 saturated carbocycles. The number of halogens is 1. The van der Waals surface area contributed by atoms with Crippen molar-refractivity contribution in [3.8, 4) is 11.5 Å². The highest BCUT2D eigenvalue weighted by molar-refractivity contribution is 14.0. The number of hydrogen-bond acceptors (Lipinski definition) is 4. The number of benzene rings is 1. The third-order valence-electron chi connectivity index (χ3n) is 4.56. The maximum absolute atomic E-state index is 11.5. The Morgan fingerprint density at radius 3 is 2.40 bits per heavy atom. The van der Waals surface area contributed by atoms with Gasteiger partial charge in [-0.3, -0.25) is 9.79 Å². The minimum absolute atomic E-state index is 0. The molecule has 168 valence electrons. The second-order valence-corrected chi connectivity index (χ2v) is 7.06. The molecule has 2 rings (SSSR count). The number of nitrogens with zero attached hydrogens (tertiary/aromatic N) is 1. The van der Waals surface area contributed by atoms with Crippen molar-refractivity contribution in [3.63, 3.8) is 0 Å². The van der Waals surface area contributed by atoms with Gasteiger partial charge in [0.25, 0.3) is 0 Å². The van der Waals surface area contributed by atoms with Crippen LogP contribution in [0.1, 0.15) is 26.0 Å². The maximum Gasteiger partial charge on any atom is 0.222 e. The summed E-state index contributed by atoms with van der Waals surface area (Å²) >= 11 is 0. The van der Waals surface area contributed by atoms with Crippen LogP contribution in [0.3, 0.4) is 0 Å². The number of carbonyl (C=O) groups is 1. The number of fused-ring (bicyclic) bond motifs is 1. The van der Waals surface area contributed by atoms with Crippen LogP contribution < -0.4 is 25.4 Å². The van der Waals surface area contributed by atoms with Gasteiger partial charge in [-0.05, 0) is 18.9 Å². The Kier molecular flexibility index (Phi) is 11.4. The normalized spacial score (nSPS) is 11.2. The molecule has 1 amide bonds. The number of aryl methyl sites for hydroxylation is 1. The molecule has 0 bridgehead atoms. The summed E-state index contributed by atoms with van der Waals surface area (Å²) in [5.74, 6) is 2.35. The van der Waals surface area contributed by atoms with Crippen molar-refractivity contribution in [1.29, 1.82) is 0 Å². The molecule has 30 heavy (non-hydrogen) atoms. The fourth-order valence-electron chi connectivity index (χ4n) is 2.94. The zero-order valence-corrected chi connectivity index (χ0v) is 20.8. The Morgan fingerprint density at radius 2 is 1.77 bits per heavy atom. The number of ether oxygens (including phenoxy) is 2. The summed E-state index contributed by atoms with van der Waals surface area (Å²) in [6.07, 6.45) is 1.84. The van der Waals surface area contributed by atoms with E-state index < -0.39 is 0 Å². The molecule has 0 saturated heterocycles. The van der Waals surface area contributed by atoms with Crippen molar-refractivity contribution in [2.45, 2.75) is 26.7 Å². The summed E-state index contributed by atoms with van der Waals surface area (Å²) in [5.41, 5.74) is 2.15. The maximum atomic E-state index is 11.5. The monoisotopic (exact) mass is 531 g/mol. The smallest absolute Gasteiger partial charge is 0.222 e. The summed E-state index contributed by atoms with van der Waals surface area (Å²) in [5, 5.41) is 10.4. The summed E-state index contributed by atoms with van der Waals surface area (Å²) in [4.78, 5) is 19.2. The van der Waals surface area contributed by atoms with Gasteiger partial charge in [0.15, 0.2) is 5.96 Å². The minimum atomic E-state index is -0.00173. The van der Waals surface area contributed by atoms with E-state index in [0.717, 1.165) is 53.4 Å². The van der Waals surface area contributed by atoms with E-state index in [1.165, 1.54) is 0 Å². The van der Waals surface area contributed by atoms with Crippen molar-refractivity contribution < 1.29 is 14.3 Å². The van der Waals surface area contributed by atoms with Crippen LogP contribution in [0.5, 0.6) is 11.5 Å². The van der Waals surface area contributed by atoms with E-state index in [9.17, 15) is 4.79 Å². The molecule has 9 heteroatoms. The van der Waals surface area contributed by atoms with Crippen LogP contribution in [-0.2, 0) is 11.2 Å². The average molecular weight is 531 g/mol. The first-order chi connectivity index (χ1) is 14.0. The van der Waals surface area contributed by atoms with Gasteiger partial charge in [0.1, 0.15) is 11.5 Å². The van der Waals surface area contributed by atoms with Crippen molar-refractivity contribution in [2.24, 2.45) is 10.9 Å². The zero-order chi connectivity index (χ0) is 21.2. The van der Waals surface area contributed by atoms with Crippen LogP contribution >= 0.6 is 24.0 Å². The number of guanidine groups is 1. The third kappa shape index (κ3) is 7.58. The summed E-state index contributed by atoms with van der Waals surface area (Å²) in [7, 11) is 5.05. The highest BCUT2D eigenvalue weighted by atomic mass is 127. The van der Waals surface area contributed by atoms with Gasteiger partial charge in [-0.1, -0.05) is 13.8 Å². The van der Waals surface area contributed by atoms with Crippen LogP contribution in [0.4, 0.5) is 0 Å². The van der Waals surface area contributed by atoms with Gasteiger partial charge in [0.05, 0.1) is 19.7 Å². The SMILES string of the molecule is CN=C(NCCCc1cc2c(OC)cc(OC)cc2[nH]1)NCCNC(=O)C(C)C.I. The fraction of sp³-hybridized carbons (Fsp3) is 0.524. The number of hydrogen-bond donors (Lipinski definition) is 4. The lowest BCUT2D eigenvalue weighted by molar-refractivity contribution is -0.123. The summed E-state index contributed by atoms with van der Waals surface area (Å²) in [6.45, 7) is 5.74. The second-order valence-electron chi connectivity index (χ2n) is 7.06. The van der Waals surface area contributed by atoms with E-state index in [0.29, 0.717) is 13.1 Å². The Labute approximate surface area is 195 Å². The number of methoxy groups -OCH3 is 2. The molecule has 0 unspecified atom stereocenters. The molecule has 0 radical (unpaired) electrons. The van der Waals surface area contributed by atoms with Gasteiger partial charge in [-0.15, -0.1) is 24.0 Å². The number of rotatable bonds is 10. The highest BCUT2D eigenvalue weighted by Crippen LogP contribution is 2.31. The van der Waals surface area contributed by atoms with E-state index in [-0.39, 0.29) is 35.8 Å². The first kappa shape index (κ1) is 25.9. The molecular formula is C21H34IN5O3. The lowest BCUT2D eigenvalue weighted by Gasteiger charge is -2.12. The van der Waals surface area contributed by atoms with Crippen LogP contribution in [0.2, 0.25) is 0 Å². The van der Waals surface area contributed by atoms with Crippen LogP contribution in [-0.4, -0.2) is 57.8 Å². The molecule has 0 atom stereocenters. The predicted molar refractivity (Wildman–Crippen MR) is 132 cm³/mol.